The van der Waals surface area contributed by atoms with Crippen molar-refractivity contribution >= 4 is 51.4 Å². The highest BCUT2D eigenvalue weighted by Crippen LogP contribution is 2.48. The number of aromatic nitrogens is 4. The fourth-order valence-electron chi connectivity index (χ4n) is 4.90. The average Bonchev–Trinajstić information content (AvgIpc) is 3.46. The molecule has 0 saturated carbocycles. The summed E-state index contributed by atoms with van der Waals surface area (Å²) in [7, 11) is -4.07. The van der Waals surface area contributed by atoms with E-state index in [1.54, 1.807) is 10.9 Å². The van der Waals surface area contributed by atoms with E-state index in [0.717, 1.165) is 12.2 Å². The maximum atomic E-state index is 13.6. The van der Waals surface area contributed by atoms with Gasteiger partial charge in [-0.3, -0.25) is 9.09 Å². The van der Waals surface area contributed by atoms with Crippen LogP contribution in [-0.4, -0.2) is 69.6 Å². The van der Waals surface area contributed by atoms with E-state index >= 15 is 0 Å². The lowest BCUT2D eigenvalue weighted by atomic mass is 10.0. The van der Waals surface area contributed by atoms with Crippen LogP contribution in [0.3, 0.4) is 0 Å². The molecule has 0 saturated heterocycles. The summed E-state index contributed by atoms with van der Waals surface area (Å²) in [5.74, 6) is 1.81. The summed E-state index contributed by atoms with van der Waals surface area (Å²) in [4.78, 5) is 24.2. The number of rotatable bonds is 29. The van der Waals surface area contributed by atoms with Crippen molar-refractivity contribution in [1.82, 2.24) is 19.5 Å². The number of ether oxygens (including phenoxy) is 3. The van der Waals surface area contributed by atoms with E-state index in [9.17, 15) is 9.36 Å². The standard InChI is InChI=1S/C32H58N5O7PS2/c1-4-6-7-8-9-10-11-12-13-14-15-16-17-18-21-47(46)22-20-43-45(39,44-26-41-32(38)40-19-5-2)27-42-28(3)23-37-25-36-29-30(33)34-24-35-31(29)37/h24-25,28H,4-23,26-27H2,1-3H3,(H2,33,34,35)/t28-,45+,47?/m1/s1. The van der Waals surface area contributed by atoms with Gasteiger partial charge in [-0.1, -0.05) is 109 Å². The number of carbonyl (C=O) groups is 1. The highest BCUT2D eigenvalue weighted by atomic mass is 32.8. The summed E-state index contributed by atoms with van der Waals surface area (Å²) in [5, 5.41) is 0. The molecule has 270 valence electrons. The third kappa shape index (κ3) is 18.6. The van der Waals surface area contributed by atoms with Crippen LogP contribution in [0.4, 0.5) is 10.6 Å². The van der Waals surface area contributed by atoms with E-state index in [1.807, 2.05) is 13.8 Å². The number of nitrogens with two attached hydrogens (primary N) is 1. The summed E-state index contributed by atoms with van der Waals surface area (Å²) >= 11 is 5.67. The quantitative estimate of drug-likeness (QED) is 0.0375. The molecule has 2 aromatic heterocycles. The van der Waals surface area contributed by atoms with Gasteiger partial charge in [-0.25, -0.2) is 19.7 Å². The van der Waals surface area contributed by atoms with E-state index in [4.69, 9.17) is 40.2 Å². The number of nitrogen functional groups attached to an aromatic ring is 1. The van der Waals surface area contributed by atoms with Crippen LogP contribution in [-0.2, 0) is 55.0 Å². The minimum atomic E-state index is -3.79. The first-order chi connectivity index (χ1) is 22.8. The molecule has 0 spiro atoms. The van der Waals surface area contributed by atoms with Crippen molar-refractivity contribution in [2.75, 3.05) is 43.6 Å². The van der Waals surface area contributed by atoms with Crippen LogP contribution in [0.25, 0.3) is 11.2 Å². The summed E-state index contributed by atoms with van der Waals surface area (Å²) in [6, 6.07) is 0. The highest BCUT2D eigenvalue weighted by Gasteiger charge is 2.28. The molecule has 2 aromatic rings. The van der Waals surface area contributed by atoms with Crippen LogP contribution >= 0.6 is 7.60 Å². The van der Waals surface area contributed by atoms with Crippen molar-refractivity contribution in [3.8, 4) is 0 Å². The molecule has 0 aromatic carbocycles. The largest absolute Gasteiger partial charge is 0.510 e. The minimum Gasteiger partial charge on any atom is -0.434 e. The Bertz CT molecular complexity index is 1210. The molecule has 2 rings (SSSR count). The second-order valence-corrected chi connectivity index (χ2v) is 16.9. The van der Waals surface area contributed by atoms with Gasteiger partial charge in [0.15, 0.2) is 11.5 Å². The molecule has 1 unspecified atom stereocenters. The monoisotopic (exact) mass is 719 g/mol. The third-order valence-electron chi connectivity index (χ3n) is 7.58. The van der Waals surface area contributed by atoms with Crippen LogP contribution in [0.15, 0.2) is 12.7 Å². The van der Waals surface area contributed by atoms with Gasteiger partial charge in [-0.15, -0.1) is 9.45 Å². The van der Waals surface area contributed by atoms with Crippen molar-refractivity contribution < 1.29 is 32.6 Å². The number of hydrogen-bond donors (Lipinski definition) is 1. The number of nitrogens with zero attached hydrogens (tertiary/aromatic N) is 4. The predicted octanol–water partition coefficient (Wildman–Crippen LogP) is 8.08. The van der Waals surface area contributed by atoms with Crippen molar-refractivity contribution in [2.45, 2.75) is 130 Å². The predicted molar refractivity (Wildman–Crippen MR) is 192 cm³/mol. The van der Waals surface area contributed by atoms with Crippen molar-refractivity contribution in [3.05, 3.63) is 12.7 Å². The first kappa shape index (κ1) is 41.5. The zero-order valence-electron chi connectivity index (χ0n) is 28.8. The number of unbranched alkanes of at least 4 members (excludes halogenated alkanes) is 13. The van der Waals surface area contributed by atoms with E-state index in [2.05, 4.69) is 21.9 Å². The zero-order chi connectivity index (χ0) is 34.2. The smallest absolute Gasteiger partial charge is 0.434 e. The molecule has 0 aliphatic heterocycles. The number of anilines is 1. The molecule has 3 atom stereocenters. The van der Waals surface area contributed by atoms with Gasteiger partial charge < -0.3 is 29.0 Å². The molecule has 47 heavy (non-hydrogen) atoms. The lowest BCUT2D eigenvalue weighted by molar-refractivity contribution is -0.00757. The van der Waals surface area contributed by atoms with E-state index in [-0.39, 0.29) is 34.8 Å². The molecule has 0 fully saturated rings. The number of carbonyl (C=O) groups excluding carboxylic acids is 1. The van der Waals surface area contributed by atoms with Gasteiger partial charge in [0.25, 0.3) is 0 Å². The Morgan fingerprint density at radius 2 is 1.51 bits per heavy atom. The van der Waals surface area contributed by atoms with Crippen LogP contribution in [0.1, 0.15) is 117 Å². The fourth-order valence-corrected chi connectivity index (χ4v) is 7.83. The van der Waals surface area contributed by atoms with Crippen LogP contribution in [0.2, 0.25) is 0 Å². The van der Waals surface area contributed by atoms with Crippen LogP contribution < -0.4 is 5.73 Å². The molecule has 0 radical (unpaired) electrons. The van der Waals surface area contributed by atoms with E-state index in [0.29, 0.717) is 29.9 Å². The number of hydrogen-bond acceptors (Lipinski definition) is 12. The second-order valence-electron chi connectivity index (χ2n) is 11.8. The Hall–Kier alpha value is -1.70. The van der Waals surface area contributed by atoms with Gasteiger partial charge >= 0.3 is 13.8 Å². The lowest BCUT2D eigenvalue weighted by Crippen LogP contribution is -2.19. The summed E-state index contributed by atoms with van der Waals surface area (Å²) in [6.45, 7) is 6.10. The molecule has 0 amide bonds. The van der Waals surface area contributed by atoms with Gasteiger partial charge in [0.1, 0.15) is 18.2 Å². The van der Waals surface area contributed by atoms with Crippen LogP contribution in [0, 0.1) is 0 Å². The molecule has 0 aliphatic rings. The zero-order valence-corrected chi connectivity index (χ0v) is 31.3. The molecule has 2 heterocycles. The third-order valence-corrected chi connectivity index (χ3v) is 11.5. The Morgan fingerprint density at radius 3 is 2.15 bits per heavy atom. The van der Waals surface area contributed by atoms with Gasteiger partial charge in [0, 0.05) is 5.75 Å². The first-order valence-electron chi connectivity index (χ1n) is 17.3. The van der Waals surface area contributed by atoms with Crippen molar-refractivity contribution in [3.63, 3.8) is 0 Å². The topological polar surface area (TPSA) is 150 Å². The average molecular weight is 720 g/mol. The van der Waals surface area contributed by atoms with Gasteiger partial charge in [-0.05, 0) is 25.5 Å². The van der Waals surface area contributed by atoms with E-state index in [1.165, 1.54) is 89.8 Å². The maximum absolute atomic E-state index is 13.6. The van der Waals surface area contributed by atoms with Crippen molar-refractivity contribution in [1.29, 1.82) is 0 Å². The Balaban J connectivity index is 1.68. The molecule has 15 heteroatoms. The maximum Gasteiger partial charge on any atom is 0.510 e. The van der Waals surface area contributed by atoms with Crippen molar-refractivity contribution in [2.24, 2.45) is 0 Å². The minimum absolute atomic E-state index is 0.156. The number of fused-ring (bicyclic) bond motifs is 1. The molecule has 0 aliphatic carbocycles. The molecule has 0 bridgehead atoms. The number of imidazole rings is 1. The Labute approximate surface area is 288 Å². The molecule has 2 N–H and O–H groups in total. The lowest BCUT2D eigenvalue weighted by Gasteiger charge is -2.21. The molecular weight excluding hydrogens is 661 g/mol. The normalized spacial score (nSPS) is 14.2. The summed E-state index contributed by atoms with van der Waals surface area (Å²) in [6.07, 6.45) is 20.5. The van der Waals surface area contributed by atoms with Gasteiger partial charge in [-0.2, -0.15) is 0 Å². The Morgan fingerprint density at radius 1 is 0.872 bits per heavy atom. The summed E-state index contributed by atoms with van der Waals surface area (Å²) < 4.78 is 42.1. The molecule has 12 nitrogen and oxygen atoms in total. The SMILES string of the molecule is CCCCCCCCCCCCCCCCS(=S)CCO[P@@](=O)(CO[C@H](C)Cn1cnc2c(N)ncnc21)OCOC(=O)OCCC. The molecular formula is C32H58N5O7PS2. The fraction of sp³-hybridized carbons (Fsp3) is 0.812. The summed E-state index contributed by atoms with van der Waals surface area (Å²) in [5.41, 5.74) is 6.95. The van der Waals surface area contributed by atoms with Gasteiger partial charge in [0.2, 0.25) is 6.79 Å². The second kappa shape index (κ2) is 25.3. The Kier molecular flexibility index (Phi) is 22.3. The highest BCUT2D eigenvalue weighted by molar-refractivity contribution is 8.28. The van der Waals surface area contributed by atoms with Crippen LogP contribution in [0.5, 0.6) is 0 Å². The van der Waals surface area contributed by atoms with E-state index < -0.39 is 26.6 Å². The first-order valence-corrected chi connectivity index (χ1v) is 21.5. The van der Waals surface area contributed by atoms with Gasteiger partial charge in [0.05, 0.1) is 32.2 Å².